The van der Waals surface area contributed by atoms with Crippen molar-refractivity contribution in [3.8, 4) is 0 Å². The molecule has 1 aromatic carbocycles. The molecule has 3 heteroatoms. The highest BCUT2D eigenvalue weighted by atomic mass is 16.3. The number of fused-ring (bicyclic) bond motifs is 1. The summed E-state index contributed by atoms with van der Waals surface area (Å²) >= 11 is 0. The van der Waals surface area contributed by atoms with E-state index >= 15 is 0 Å². The number of aliphatic hydroxyl groups excluding tert-OH is 1. The first-order chi connectivity index (χ1) is 6.83. The van der Waals surface area contributed by atoms with Gasteiger partial charge in [0.25, 0.3) is 0 Å². The van der Waals surface area contributed by atoms with E-state index in [0.29, 0.717) is 6.42 Å². The molecule has 1 aromatic heterocycles. The number of rotatable bonds is 3. The third kappa shape index (κ3) is 1.52. The smallest absolute Gasteiger partial charge is 0.0457 e. The number of H-pyrrole nitrogens is 1. The molecule has 2 rings (SSSR count). The molecule has 0 amide bonds. The Labute approximate surface area is 82.6 Å². The van der Waals surface area contributed by atoms with Gasteiger partial charge < -0.3 is 15.8 Å². The predicted octanol–water partition coefficient (Wildman–Crippen LogP) is 1.55. The van der Waals surface area contributed by atoms with Gasteiger partial charge >= 0.3 is 0 Å². The Balaban J connectivity index is 2.45. The molecule has 1 unspecified atom stereocenters. The van der Waals surface area contributed by atoms with Crippen LogP contribution in [-0.4, -0.2) is 16.7 Å². The van der Waals surface area contributed by atoms with E-state index in [2.05, 4.69) is 4.98 Å². The normalized spacial score (nSPS) is 13.3. The molecule has 14 heavy (non-hydrogen) atoms. The van der Waals surface area contributed by atoms with Crippen LogP contribution in [-0.2, 0) is 0 Å². The van der Waals surface area contributed by atoms with Crippen LogP contribution in [0, 0.1) is 0 Å². The Hall–Kier alpha value is -1.32. The predicted molar refractivity (Wildman–Crippen MR) is 56.9 cm³/mol. The molecule has 1 atom stereocenters. The summed E-state index contributed by atoms with van der Waals surface area (Å²) in [6, 6.07) is 7.94. The van der Waals surface area contributed by atoms with Crippen molar-refractivity contribution in [3.63, 3.8) is 0 Å². The third-order valence-electron chi connectivity index (χ3n) is 2.47. The molecule has 0 aliphatic heterocycles. The molecule has 0 aliphatic rings. The van der Waals surface area contributed by atoms with Crippen molar-refractivity contribution < 1.29 is 5.11 Å². The molecule has 4 N–H and O–H groups in total. The van der Waals surface area contributed by atoms with Crippen LogP contribution in [0.25, 0.3) is 10.9 Å². The first-order valence-corrected chi connectivity index (χ1v) is 4.75. The molecule has 74 valence electrons. The monoisotopic (exact) mass is 190 g/mol. The highest BCUT2D eigenvalue weighted by Gasteiger charge is 2.08. The Bertz CT molecular complexity index is 422. The molecule has 0 fully saturated rings. The van der Waals surface area contributed by atoms with Crippen LogP contribution in [0.3, 0.4) is 0 Å². The second kappa shape index (κ2) is 3.82. The molecular formula is C11H14N2O. The maximum Gasteiger partial charge on any atom is 0.0457 e. The Kier molecular flexibility index (Phi) is 2.52. The summed E-state index contributed by atoms with van der Waals surface area (Å²) < 4.78 is 0. The largest absolute Gasteiger partial charge is 0.396 e. The summed E-state index contributed by atoms with van der Waals surface area (Å²) in [5.74, 6) is 0. The van der Waals surface area contributed by atoms with E-state index in [1.807, 2.05) is 30.5 Å². The van der Waals surface area contributed by atoms with Crippen molar-refractivity contribution in [2.45, 2.75) is 12.5 Å². The average molecular weight is 190 g/mol. The minimum Gasteiger partial charge on any atom is -0.396 e. The van der Waals surface area contributed by atoms with E-state index in [4.69, 9.17) is 10.8 Å². The fourth-order valence-electron chi connectivity index (χ4n) is 1.73. The van der Waals surface area contributed by atoms with E-state index in [1.54, 1.807) is 0 Å². The van der Waals surface area contributed by atoms with E-state index in [-0.39, 0.29) is 12.6 Å². The van der Waals surface area contributed by atoms with E-state index in [1.165, 1.54) is 0 Å². The number of nitrogens with two attached hydrogens (primary N) is 1. The molecule has 0 saturated carbocycles. The number of hydrogen-bond acceptors (Lipinski definition) is 2. The van der Waals surface area contributed by atoms with Gasteiger partial charge in [-0.15, -0.1) is 0 Å². The SMILES string of the molecule is NC(CCO)c1cccc2[nH]ccc12. The maximum absolute atomic E-state index is 8.83. The van der Waals surface area contributed by atoms with Crippen LogP contribution >= 0.6 is 0 Å². The lowest BCUT2D eigenvalue weighted by atomic mass is 10.0. The zero-order valence-corrected chi connectivity index (χ0v) is 7.90. The first-order valence-electron chi connectivity index (χ1n) is 4.75. The zero-order valence-electron chi connectivity index (χ0n) is 7.90. The highest BCUT2D eigenvalue weighted by Crippen LogP contribution is 2.23. The number of benzene rings is 1. The van der Waals surface area contributed by atoms with Crippen LogP contribution in [0.1, 0.15) is 18.0 Å². The second-order valence-electron chi connectivity index (χ2n) is 3.40. The topological polar surface area (TPSA) is 62.0 Å². The lowest BCUT2D eigenvalue weighted by Crippen LogP contribution is -2.11. The van der Waals surface area contributed by atoms with E-state index < -0.39 is 0 Å². The zero-order chi connectivity index (χ0) is 9.97. The molecular weight excluding hydrogens is 176 g/mol. The quantitative estimate of drug-likeness (QED) is 0.687. The van der Waals surface area contributed by atoms with Crippen molar-refractivity contribution in [3.05, 3.63) is 36.0 Å². The minimum absolute atomic E-state index is 0.0838. The number of aliphatic hydroxyl groups is 1. The van der Waals surface area contributed by atoms with Crippen LogP contribution < -0.4 is 5.73 Å². The van der Waals surface area contributed by atoms with Gasteiger partial charge in [0.2, 0.25) is 0 Å². The first kappa shape index (κ1) is 9.24. The van der Waals surface area contributed by atoms with Crippen molar-refractivity contribution in [2.75, 3.05) is 6.61 Å². The number of hydrogen-bond donors (Lipinski definition) is 3. The van der Waals surface area contributed by atoms with Gasteiger partial charge in [-0.05, 0) is 24.1 Å². The maximum atomic E-state index is 8.83. The van der Waals surface area contributed by atoms with Gasteiger partial charge in [0.1, 0.15) is 0 Å². The Morgan fingerprint density at radius 3 is 3.00 bits per heavy atom. The summed E-state index contributed by atoms with van der Waals surface area (Å²) in [5.41, 5.74) is 8.15. The standard InChI is InChI=1S/C11H14N2O/c12-10(5-7-14)8-2-1-3-11-9(8)4-6-13-11/h1-4,6,10,13-14H,5,7,12H2. The molecule has 0 bridgehead atoms. The number of nitrogens with one attached hydrogen (secondary N) is 1. The summed E-state index contributed by atoms with van der Waals surface area (Å²) in [5, 5.41) is 9.98. The summed E-state index contributed by atoms with van der Waals surface area (Å²) in [7, 11) is 0. The molecule has 0 aliphatic carbocycles. The molecule has 0 spiro atoms. The number of aromatic amines is 1. The van der Waals surface area contributed by atoms with Crippen LogP contribution in [0.15, 0.2) is 30.5 Å². The second-order valence-corrected chi connectivity index (χ2v) is 3.40. The minimum atomic E-state index is -0.0838. The number of aromatic nitrogens is 1. The molecule has 0 radical (unpaired) electrons. The molecule has 0 saturated heterocycles. The van der Waals surface area contributed by atoms with Crippen LogP contribution in [0.2, 0.25) is 0 Å². The fourth-order valence-corrected chi connectivity index (χ4v) is 1.73. The Morgan fingerprint density at radius 1 is 1.36 bits per heavy atom. The lowest BCUT2D eigenvalue weighted by Gasteiger charge is -2.11. The van der Waals surface area contributed by atoms with Crippen LogP contribution in [0.4, 0.5) is 0 Å². The summed E-state index contributed by atoms with van der Waals surface area (Å²) in [4.78, 5) is 3.14. The van der Waals surface area contributed by atoms with Gasteiger partial charge in [-0.3, -0.25) is 0 Å². The summed E-state index contributed by atoms with van der Waals surface area (Å²) in [6.07, 6.45) is 2.50. The van der Waals surface area contributed by atoms with Crippen molar-refractivity contribution in [1.82, 2.24) is 4.98 Å². The summed E-state index contributed by atoms with van der Waals surface area (Å²) in [6.45, 7) is 0.127. The molecule has 1 heterocycles. The van der Waals surface area contributed by atoms with Gasteiger partial charge in [-0.1, -0.05) is 12.1 Å². The molecule has 3 nitrogen and oxygen atoms in total. The Morgan fingerprint density at radius 2 is 2.21 bits per heavy atom. The highest BCUT2D eigenvalue weighted by molar-refractivity contribution is 5.83. The van der Waals surface area contributed by atoms with E-state index in [0.717, 1.165) is 16.5 Å². The third-order valence-corrected chi connectivity index (χ3v) is 2.47. The average Bonchev–Trinajstić information content (AvgIpc) is 2.65. The van der Waals surface area contributed by atoms with Crippen molar-refractivity contribution in [2.24, 2.45) is 5.73 Å². The van der Waals surface area contributed by atoms with E-state index in [9.17, 15) is 0 Å². The van der Waals surface area contributed by atoms with Crippen molar-refractivity contribution >= 4 is 10.9 Å². The molecule has 2 aromatic rings. The lowest BCUT2D eigenvalue weighted by molar-refractivity contribution is 0.277. The van der Waals surface area contributed by atoms with Crippen molar-refractivity contribution in [1.29, 1.82) is 0 Å². The van der Waals surface area contributed by atoms with Gasteiger partial charge in [0.05, 0.1) is 0 Å². The van der Waals surface area contributed by atoms with Gasteiger partial charge in [-0.25, -0.2) is 0 Å². The van der Waals surface area contributed by atoms with Gasteiger partial charge in [0.15, 0.2) is 0 Å². The fraction of sp³-hybridized carbons (Fsp3) is 0.273. The van der Waals surface area contributed by atoms with Gasteiger partial charge in [0, 0.05) is 29.7 Å². The van der Waals surface area contributed by atoms with Crippen LogP contribution in [0.5, 0.6) is 0 Å². The van der Waals surface area contributed by atoms with Gasteiger partial charge in [-0.2, -0.15) is 0 Å².